The predicted molar refractivity (Wildman–Crippen MR) is 279 cm³/mol. The van der Waals surface area contributed by atoms with Gasteiger partial charge in [-0.2, -0.15) is 0 Å². The Balaban J connectivity index is 4.61. The molecule has 368 valence electrons. The van der Waals surface area contributed by atoms with Crippen molar-refractivity contribution >= 4 is 17.9 Å². The number of ether oxygens (including phenoxy) is 3. The van der Waals surface area contributed by atoms with Crippen molar-refractivity contribution in [2.24, 2.45) is 0 Å². The first-order chi connectivity index (χ1) is 32.0. The molecule has 0 amide bonds. The van der Waals surface area contributed by atoms with Crippen molar-refractivity contribution in [3.05, 3.63) is 109 Å². The van der Waals surface area contributed by atoms with Crippen molar-refractivity contribution < 1.29 is 28.6 Å². The summed E-state index contributed by atoms with van der Waals surface area (Å²) in [6.45, 7) is 6.45. The second-order valence-electron chi connectivity index (χ2n) is 17.1. The standard InChI is InChI=1S/C59H96O6/c1-4-7-10-13-16-19-22-25-28-29-32-35-38-41-44-47-50-53-59(62)65-56(54-63-57(60)51-48-45-42-39-36-33-30-26-23-20-17-14-11-8-5-2)55-64-58(61)52-49-46-43-40-37-34-31-27-24-21-18-15-12-9-6-3/h17-18,20-21,25-28,30-32,35-37,39-41,44,56H,4-16,19,22-24,29,33-34,38,42-43,45-55H2,1-3H3/b20-17-,21-18-,28-25-,30-26-,31-27-,35-32-,39-36-,40-37-,44-41-. The molecule has 0 heterocycles. The van der Waals surface area contributed by atoms with Crippen LogP contribution in [0.2, 0.25) is 0 Å². The molecular weight excluding hydrogens is 805 g/mol. The zero-order valence-corrected chi connectivity index (χ0v) is 42.0. The zero-order valence-electron chi connectivity index (χ0n) is 42.0. The maximum absolute atomic E-state index is 12.8. The lowest BCUT2D eigenvalue weighted by atomic mass is 10.1. The van der Waals surface area contributed by atoms with Gasteiger partial charge in [-0.05, 0) is 128 Å². The normalized spacial score (nSPS) is 12.6. The van der Waals surface area contributed by atoms with E-state index in [-0.39, 0.29) is 50.4 Å². The second-order valence-corrected chi connectivity index (χ2v) is 17.1. The maximum Gasteiger partial charge on any atom is 0.306 e. The van der Waals surface area contributed by atoms with E-state index >= 15 is 0 Å². The third kappa shape index (κ3) is 50.9. The fraction of sp³-hybridized carbons (Fsp3) is 0.644. The van der Waals surface area contributed by atoms with Crippen molar-refractivity contribution in [3.8, 4) is 0 Å². The van der Waals surface area contributed by atoms with Gasteiger partial charge >= 0.3 is 17.9 Å². The van der Waals surface area contributed by atoms with E-state index < -0.39 is 6.10 Å². The Labute approximate surface area is 400 Å². The average molecular weight is 901 g/mol. The summed E-state index contributed by atoms with van der Waals surface area (Å²) in [4.78, 5) is 38.0. The fourth-order valence-corrected chi connectivity index (χ4v) is 6.70. The number of unbranched alkanes of at least 4 members (excludes halogenated alkanes) is 17. The smallest absolute Gasteiger partial charge is 0.306 e. The summed E-state index contributed by atoms with van der Waals surface area (Å²) < 4.78 is 16.7. The van der Waals surface area contributed by atoms with Crippen molar-refractivity contribution in [2.45, 2.75) is 232 Å². The Bertz CT molecular complexity index is 1290. The molecule has 0 bridgehead atoms. The molecule has 0 aliphatic heterocycles. The quantitative estimate of drug-likeness (QED) is 0.0262. The molecule has 0 spiro atoms. The monoisotopic (exact) mass is 901 g/mol. The molecule has 0 aliphatic rings. The number of allylic oxidation sites excluding steroid dienone is 18. The third-order valence-corrected chi connectivity index (χ3v) is 10.7. The highest BCUT2D eigenvalue weighted by atomic mass is 16.6. The maximum atomic E-state index is 12.8. The van der Waals surface area contributed by atoms with Crippen LogP contribution in [0.25, 0.3) is 0 Å². The number of esters is 3. The fourth-order valence-electron chi connectivity index (χ4n) is 6.70. The van der Waals surface area contributed by atoms with Crippen LogP contribution in [0.15, 0.2) is 109 Å². The minimum absolute atomic E-state index is 0.132. The molecule has 0 fully saturated rings. The number of rotatable bonds is 46. The van der Waals surface area contributed by atoms with Crippen LogP contribution in [-0.2, 0) is 28.6 Å². The lowest BCUT2D eigenvalue weighted by Gasteiger charge is -2.18. The van der Waals surface area contributed by atoms with Gasteiger partial charge < -0.3 is 14.2 Å². The van der Waals surface area contributed by atoms with E-state index in [1.54, 1.807) is 0 Å². The summed E-state index contributed by atoms with van der Waals surface area (Å²) in [5.41, 5.74) is 0. The van der Waals surface area contributed by atoms with Gasteiger partial charge in [0, 0.05) is 19.3 Å². The van der Waals surface area contributed by atoms with Gasteiger partial charge in [-0.25, -0.2) is 0 Å². The van der Waals surface area contributed by atoms with Gasteiger partial charge in [0.25, 0.3) is 0 Å². The first-order valence-corrected chi connectivity index (χ1v) is 26.4. The first-order valence-electron chi connectivity index (χ1n) is 26.4. The molecule has 0 N–H and O–H groups in total. The van der Waals surface area contributed by atoms with Crippen LogP contribution in [0, 0.1) is 0 Å². The molecule has 0 aromatic heterocycles. The topological polar surface area (TPSA) is 78.9 Å². The molecule has 0 aromatic carbocycles. The minimum Gasteiger partial charge on any atom is -0.462 e. The summed E-state index contributed by atoms with van der Waals surface area (Å²) in [7, 11) is 0. The molecule has 65 heavy (non-hydrogen) atoms. The highest BCUT2D eigenvalue weighted by molar-refractivity contribution is 5.71. The zero-order chi connectivity index (χ0) is 47.2. The van der Waals surface area contributed by atoms with E-state index in [9.17, 15) is 14.4 Å². The SMILES string of the molecule is CCCCC/C=C\C/C=C\C/C=C\CCCCC(=O)OCC(COC(=O)CCCC/C=C\C/C=C\C/C=C\CCCCC)OC(=O)CCC/C=C\C/C=C\C/C=C\CCCCCCCC. The summed E-state index contributed by atoms with van der Waals surface area (Å²) in [5.74, 6) is -1.06. The van der Waals surface area contributed by atoms with E-state index in [4.69, 9.17) is 14.2 Å². The Morgan fingerprint density at radius 2 is 0.569 bits per heavy atom. The molecule has 0 aromatic rings. The van der Waals surface area contributed by atoms with Gasteiger partial charge in [0.15, 0.2) is 6.10 Å². The van der Waals surface area contributed by atoms with Crippen LogP contribution in [0.4, 0.5) is 0 Å². The van der Waals surface area contributed by atoms with E-state index in [1.165, 1.54) is 96.3 Å². The number of carbonyl (C=O) groups excluding carboxylic acids is 3. The van der Waals surface area contributed by atoms with Crippen molar-refractivity contribution in [3.63, 3.8) is 0 Å². The molecule has 0 saturated carbocycles. The summed E-state index contributed by atoms with van der Waals surface area (Å²) in [6.07, 6.45) is 70.8. The van der Waals surface area contributed by atoms with Crippen molar-refractivity contribution in [1.29, 1.82) is 0 Å². The Kier molecular flexibility index (Phi) is 49.5. The molecule has 6 heteroatoms. The summed E-state index contributed by atoms with van der Waals surface area (Å²) in [5, 5.41) is 0. The van der Waals surface area contributed by atoms with E-state index in [2.05, 4.69) is 130 Å². The minimum atomic E-state index is -0.837. The van der Waals surface area contributed by atoms with Crippen LogP contribution in [-0.4, -0.2) is 37.2 Å². The molecule has 0 aliphatic carbocycles. The van der Waals surface area contributed by atoms with Crippen LogP contribution in [0.1, 0.15) is 226 Å². The first kappa shape index (κ1) is 61.1. The molecular formula is C59H96O6. The van der Waals surface area contributed by atoms with Crippen molar-refractivity contribution in [2.75, 3.05) is 13.2 Å². The van der Waals surface area contributed by atoms with E-state index in [0.717, 1.165) is 70.6 Å². The van der Waals surface area contributed by atoms with Gasteiger partial charge in [-0.1, -0.05) is 188 Å². The second kappa shape index (κ2) is 52.7. The highest BCUT2D eigenvalue weighted by Gasteiger charge is 2.19. The van der Waals surface area contributed by atoms with Crippen LogP contribution in [0.5, 0.6) is 0 Å². The van der Waals surface area contributed by atoms with Crippen LogP contribution < -0.4 is 0 Å². The van der Waals surface area contributed by atoms with Gasteiger partial charge in [-0.3, -0.25) is 14.4 Å². The van der Waals surface area contributed by atoms with Gasteiger partial charge in [0.05, 0.1) is 0 Å². The molecule has 0 atom stereocenters. The number of hydrogen-bond donors (Lipinski definition) is 0. The Hall–Kier alpha value is -3.93. The van der Waals surface area contributed by atoms with Gasteiger partial charge in [0.1, 0.15) is 13.2 Å². The largest absolute Gasteiger partial charge is 0.462 e. The third-order valence-electron chi connectivity index (χ3n) is 10.7. The summed E-state index contributed by atoms with van der Waals surface area (Å²) >= 11 is 0. The molecule has 0 radical (unpaired) electrons. The lowest BCUT2D eigenvalue weighted by molar-refractivity contribution is -0.167. The predicted octanol–water partition coefficient (Wildman–Crippen LogP) is 17.5. The van der Waals surface area contributed by atoms with Gasteiger partial charge in [0.2, 0.25) is 0 Å². The number of hydrogen-bond acceptors (Lipinski definition) is 6. The molecule has 0 saturated heterocycles. The summed E-state index contributed by atoms with van der Waals surface area (Å²) in [6, 6.07) is 0. The van der Waals surface area contributed by atoms with Crippen molar-refractivity contribution in [1.82, 2.24) is 0 Å². The highest BCUT2D eigenvalue weighted by Crippen LogP contribution is 2.11. The molecule has 0 rings (SSSR count). The average Bonchev–Trinajstić information content (AvgIpc) is 3.30. The molecule has 0 unspecified atom stereocenters. The Morgan fingerprint density at radius 1 is 0.308 bits per heavy atom. The van der Waals surface area contributed by atoms with Crippen LogP contribution >= 0.6 is 0 Å². The van der Waals surface area contributed by atoms with E-state index in [0.29, 0.717) is 19.3 Å². The van der Waals surface area contributed by atoms with E-state index in [1.807, 2.05) is 0 Å². The lowest BCUT2D eigenvalue weighted by Crippen LogP contribution is -2.30. The Morgan fingerprint density at radius 3 is 0.938 bits per heavy atom. The number of carbonyl (C=O) groups is 3. The van der Waals surface area contributed by atoms with Crippen LogP contribution in [0.3, 0.4) is 0 Å². The molecule has 6 nitrogen and oxygen atoms in total. The van der Waals surface area contributed by atoms with Gasteiger partial charge in [-0.15, -0.1) is 0 Å².